The molecule has 194 valence electrons. The SMILES string of the molecule is NCC1CC(Cl)CN1c1cccc2c(OC(=O)C(F)(F)F)nn(CCc3cn4ccccc4n3)c(=O)c12. The first-order valence-corrected chi connectivity index (χ1v) is 12.0. The number of anilines is 1. The van der Waals surface area contributed by atoms with Crippen LogP contribution in [0.5, 0.6) is 5.88 Å². The summed E-state index contributed by atoms with van der Waals surface area (Å²) in [7, 11) is 0. The first-order valence-electron chi connectivity index (χ1n) is 11.5. The van der Waals surface area contributed by atoms with Crippen LogP contribution in [0.2, 0.25) is 0 Å². The number of ether oxygens (including phenoxy) is 1. The Kier molecular flexibility index (Phi) is 6.54. The molecule has 1 aliphatic heterocycles. The quantitative estimate of drug-likeness (QED) is 0.299. The van der Waals surface area contributed by atoms with E-state index in [-0.39, 0.29) is 41.7 Å². The topological polar surface area (TPSA) is 108 Å². The molecule has 1 fully saturated rings. The average Bonchev–Trinajstić information content (AvgIpc) is 3.46. The number of imidazole rings is 1. The summed E-state index contributed by atoms with van der Waals surface area (Å²) in [4.78, 5) is 31.7. The van der Waals surface area contributed by atoms with Crippen LogP contribution in [0.25, 0.3) is 16.4 Å². The van der Waals surface area contributed by atoms with Gasteiger partial charge in [-0.3, -0.25) is 4.79 Å². The third-order valence-electron chi connectivity index (χ3n) is 6.29. The monoisotopic (exact) mass is 534 g/mol. The van der Waals surface area contributed by atoms with Crippen LogP contribution < -0.4 is 20.9 Å². The molecule has 2 N–H and O–H groups in total. The third-order valence-corrected chi connectivity index (χ3v) is 6.61. The van der Waals surface area contributed by atoms with Crippen LogP contribution in [-0.4, -0.2) is 55.8 Å². The van der Waals surface area contributed by atoms with Gasteiger partial charge in [0.25, 0.3) is 5.56 Å². The fourth-order valence-corrected chi connectivity index (χ4v) is 4.95. The van der Waals surface area contributed by atoms with Crippen molar-refractivity contribution in [2.45, 2.75) is 37.0 Å². The van der Waals surface area contributed by atoms with E-state index in [0.29, 0.717) is 30.0 Å². The number of benzene rings is 1. The minimum absolute atomic E-state index is 0.0119. The standard InChI is InChI=1S/C24H22ClF3N6O3/c25-14-10-16(11-29)33(12-14)18-5-3-4-17-20(18)22(35)34(31-21(17)37-23(36)24(26,27)28)9-7-15-13-32-8-2-1-6-19(32)30-15/h1-6,8,13-14,16H,7,9-12,29H2. The van der Waals surface area contributed by atoms with E-state index in [1.807, 2.05) is 33.7 Å². The maximum atomic E-state index is 13.6. The number of hydrogen-bond acceptors (Lipinski definition) is 7. The molecule has 2 atom stereocenters. The van der Waals surface area contributed by atoms with Crippen molar-refractivity contribution >= 4 is 39.7 Å². The van der Waals surface area contributed by atoms with Gasteiger partial charge in [-0.25, -0.2) is 14.5 Å². The van der Waals surface area contributed by atoms with E-state index in [0.717, 1.165) is 4.68 Å². The lowest BCUT2D eigenvalue weighted by Crippen LogP contribution is -2.37. The summed E-state index contributed by atoms with van der Waals surface area (Å²) >= 11 is 6.36. The summed E-state index contributed by atoms with van der Waals surface area (Å²) in [5.74, 6) is -3.04. The Morgan fingerprint density at radius 1 is 1.22 bits per heavy atom. The van der Waals surface area contributed by atoms with E-state index in [9.17, 15) is 22.8 Å². The van der Waals surface area contributed by atoms with E-state index in [4.69, 9.17) is 17.3 Å². The van der Waals surface area contributed by atoms with E-state index in [1.54, 1.807) is 18.3 Å². The summed E-state index contributed by atoms with van der Waals surface area (Å²) in [5, 5.41) is 3.84. The number of carbonyl (C=O) groups is 1. The zero-order valence-electron chi connectivity index (χ0n) is 19.4. The molecular formula is C24H22ClF3N6O3. The van der Waals surface area contributed by atoms with Crippen LogP contribution in [0.1, 0.15) is 12.1 Å². The highest BCUT2D eigenvalue weighted by atomic mass is 35.5. The van der Waals surface area contributed by atoms with Gasteiger partial charge < -0.3 is 19.8 Å². The molecule has 0 bridgehead atoms. The molecule has 9 nitrogen and oxygen atoms in total. The minimum atomic E-state index is -5.24. The maximum Gasteiger partial charge on any atom is 0.491 e. The van der Waals surface area contributed by atoms with E-state index < -0.39 is 23.6 Å². The Hall–Kier alpha value is -3.64. The molecule has 13 heteroatoms. The molecule has 1 saturated heterocycles. The second kappa shape index (κ2) is 9.67. The lowest BCUT2D eigenvalue weighted by molar-refractivity contribution is -0.189. The molecule has 4 aromatic rings. The molecule has 2 unspecified atom stereocenters. The molecule has 0 spiro atoms. The number of nitrogens with two attached hydrogens (primary N) is 1. The highest BCUT2D eigenvalue weighted by molar-refractivity contribution is 6.21. The number of aryl methyl sites for hydroxylation is 2. The normalized spacial score (nSPS) is 18.1. The van der Waals surface area contributed by atoms with Crippen molar-refractivity contribution in [1.29, 1.82) is 0 Å². The lowest BCUT2D eigenvalue weighted by Gasteiger charge is -2.27. The number of alkyl halides is 4. The Labute approximate surface area is 213 Å². The number of hydrogen-bond donors (Lipinski definition) is 1. The van der Waals surface area contributed by atoms with Gasteiger partial charge in [-0.15, -0.1) is 16.7 Å². The molecular weight excluding hydrogens is 513 g/mol. The molecule has 3 aromatic heterocycles. The first kappa shape index (κ1) is 25.0. The largest absolute Gasteiger partial charge is 0.491 e. The zero-order valence-corrected chi connectivity index (χ0v) is 20.1. The van der Waals surface area contributed by atoms with Crippen LogP contribution >= 0.6 is 11.6 Å². The predicted octanol–water partition coefficient (Wildman–Crippen LogP) is 2.90. The molecule has 37 heavy (non-hydrogen) atoms. The Morgan fingerprint density at radius 2 is 2.03 bits per heavy atom. The molecule has 0 amide bonds. The van der Waals surface area contributed by atoms with E-state index >= 15 is 0 Å². The van der Waals surface area contributed by atoms with Gasteiger partial charge in [-0.2, -0.15) is 13.2 Å². The van der Waals surface area contributed by atoms with Crippen molar-refractivity contribution in [2.75, 3.05) is 18.0 Å². The van der Waals surface area contributed by atoms with Crippen molar-refractivity contribution in [3.63, 3.8) is 0 Å². The average molecular weight is 535 g/mol. The van der Waals surface area contributed by atoms with Crippen molar-refractivity contribution in [2.24, 2.45) is 5.73 Å². The first-order chi connectivity index (χ1) is 17.7. The summed E-state index contributed by atoms with van der Waals surface area (Å²) in [6, 6.07) is 9.94. The van der Waals surface area contributed by atoms with Crippen LogP contribution in [0.15, 0.2) is 53.6 Å². The molecule has 0 radical (unpaired) electrons. The van der Waals surface area contributed by atoms with Crippen molar-refractivity contribution in [1.82, 2.24) is 19.2 Å². The number of halogens is 4. The minimum Gasteiger partial charge on any atom is -0.399 e. The molecule has 5 rings (SSSR count). The van der Waals surface area contributed by atoms with Crippen molar-refractivity contribution < 1.29 is 22.7 Å². The fraction of sp³-hybridized carbons (Fsp3) is 0.333. The number of aromatic nitrogens is 4. The number of fused-ring (bicyclic) bond motifs is 2. The highest BCUT2D eigenvalue weighted by Crippen LogP contribution is 2.35. The number of rotatable bonds is 6. The van der Waals surface area contributed by atoms with Gasteiger partial charge in [0, 0.05) is 37.9 Å². The Balaban J connectivity index is 1.60. The van der Waals surface area contributed by atoms with Crippen LogP contribution in [0.4, 0.5) is 18.9 Å². The number of nitrogens with zero attached hydrogens (tertiary/aromatic N) is 5. The van der Waals surface area contributed by atoms with Gasteiger partial charge in [-0.05, 0) is 30.7 Å². The highest BCUT2D eigenvalue weighted by Gasteiger charge is 2.42. The fourth-order valence-electron chi connectivity index (χ4n) is 4.60. The molecule has 1 aliphatic rings. The summed E-state index contributed by atoms with van der Waals surface area (Å²) in [5.41, 5.74) is 7.17. The summed E-state index contributed by atoms with van der Waals surface area (Å²) in [6.07, 6.45) is -0.796. The molecule has 0 saturated carbocycles. The Morgan fingerprint density at radius 3 is 2.76 bits per heavy atom. The Bertz CT molecular complexity index is 1500. The van der Waals surface area contributed by atoms with Gasteiger partial charge in [-0.1, -0.05) is 12.1 Å². The second-order valence-electron chi connectivity index (χ2n) is 8.74. The van der Waals surface area contributed by atoms with Crippen LogP contribution in [-0.2, 0) is 17.8 Å². The van der Waals surface area contributed by atoms with Gasteiger partial charge in [0.05, 0.1) is 34.1 Å². The number of pyridine rings is 1. The van der Waals surface area contributed by atoms with Gasteiger partial charge in [0.2, 0.25) is 5.88 Å². The molecule has 1 aromatic carbocycles. The smallest absolute Gasteiger partial charge is 0.399 e. The number of esters is 1. The number of carbonyl (C=O) groups excluding carboxylic acids is 1. The van der Waals surface area contributed by atoms with Gasteiger partial charge in [0.15, 0.2) is 0 Å². The summed E-state index contributed by atoms with van der Waals surface area (Å²) in [6.45, 7) is 0.647. The zero-order chi connectivity index (χ0) is 26.3. The molecule has 0 aliphatic carbocycles. The van der Waals surface area contributed by atoms with E-state index in [2.05, 4.69) is 14.8 Å². The lowest BCUT2D eigenvalue weighted by atomic mass is 10.1. The third kappa shape index (κ3) is 4.86. The second-order valence-corrected chi connectivity index (χ2v) is 9.36. The van der Waals surface area contributed by atoms with E-state index in [1.165, 1.54) is 6.07 Å². The van der Waals surface area contributed by atoms with Crippen molar-refractivity contribution in [3.8, 4) is 5.88 Å². The predicted molar refractivity (Wildman–Crippen MR) is 131 cm³/mol. The van der Waals surface area contributed by atoms with Crippen molar-refractivity contribution in [3.05, 3.63) is 64.8 Å². The maximum absolute atomic E-state index is 13.6. The van der Waals surface area contributed by atoms with Crippen LogP contribution in [0, 0.1) is 0 Å². The molecule has 4 heterocycles. The van der Waals surface area contributed by atoms with Gasteiger partial charge >= 0.3 is 12.1 Å². The van der Waals surface area contributed by atoms with Gasteiger partial charge in [0.1, 0.15) is 5.65 Å². The van der Waals surface area contributed by atoms with Crippen LogP contribution in [0.3, 0.4) is 0 Å². The summed E-state index contributed by atoms with van der Waals surface area (Å²) < 4.78 is 46.6.